The fourth-order valence-electron chi connectivity index (χ4n) is 3.81. The Hall–Kier alpha value is -3.33. The zero-order valence-corrected chi connectivity index (χ0v) is 17.2. The van der Waals surface area contributed by atoms with E-state index < -0.39 is 36.6 Å². The molecule has 0 saturated heterocycles. The van der Waals surface area contributed by atoms with E-state index in [1.54, 1.807) is 24.3 Å². The molecule has 0 aliphatic carbocycles. The molecule has 0 unspecified atom stereocenters. The first kappa shape index (κ1) is 21.9. The molecule has 3 aromatic rings. The van der Waals surface area contributed by atoms with Crippen molar-refractivity contribution in [1.82, 2.24) is 9.99 Å². The number of nitrogens with zero attached hydrogens (tertiary/aromatic N) is 3. The van der Waals surface area contributed by atoms with Crippen molar-refractivity contribution in [2.45, 2.75) is 38.8 Å². The predicted octanol–water partition coefficient (Wildman–Crippen LogP) is 4.94. The van der Waals surface area contributed by atoms with Crippen molar-refractivity contribution in [2.75, 3.05) is 0 Å². The highest BCUT2D eigenvalue weighted by Crippen LogP contribution is 2.36. The van der Waals surface area contributed by atoms with Gasteiger partial charge in [0.15, 0.2) is 0 Å². The minimum Gasteiger partial charge on any atom is -0.364 e. The second-order valence-electron chi connectivity index (χ2n) is 7.76. The van der Waals surface area contributed by atoms with E-state index in [-0.39, 0.29) is 10.6 Å². The second kappa shape index (κ2) is 7.98. The SMILES string of the molecule is Cc1ccc(-c2cc(C(=O)N3N=C(C(F)F)C[C@@]3(O)C(F)F)c3ccccc3n2)c(C)c1. The van der Waals surface area contributed by atoms with E-state index >= 15 is 0 Å². The zero-order chi connectivity index (χ0) is 23.2. The van der Waals surface area contributed by atoms with Gasteiger partial charge in [0.25, 0.3) is 18.8 Å². The van der Waals surface area contributed by atoms with E-state index in [1.165, 1.54) is 6.07 Å². The number of aryl methyl sites for hydroxylation is 2. The van der Waals surface area contributed by atoms with Crippen molar-refractivity contribution in [3.05, 3.63) is 65.2 Å². The highest BCUT2D eigenvalue weighted by atomic mass is 19.3. The molecule has 5 nitrogen and oxygen atoms in total. The van der Waals surface area contributed by atoms with E-state index in [9.17, 15) is 27.5 Å². The minimum absolute atomic E-state index is 0.0761. The van der Waals surface area contributed by atoms with E-state index in [0.29, 0.717) is 16.6 Å². The number of para-hydroxylation sites is 1. The van der Waals surface area contributed by atoms with Crippen molar-refractivity contribution in [2.24, 2.45) is 5.10 Å². The molecule has 32 heavy (non-hydrogen) atoms. The van der Waals surface area contributed by atoms with Gasteiger partial charge >= 0.3 is 0 Å². The van der Waals surface area contributed by atoms with Crippen LogP contribution in [0.4, 0.5) is 17.6 Å². The number of pyridine rings is 1. The van der Waals surface area contributed by atoms with Crippen LogP contribution in [-0.4, -0.2) is 45.3 Å². The topological polar surface area (TPSA) is 65.8 Å². The molecule has 1 aliphatic heterocycles. The summed E-state index contributed by atoms with van der Waals surface area (Å²) in [5, 5.41) is 14.2. The molecule has 9 heteroatoms. The van der Waals surface area contributed by atoms with Crippen LogP contribution in [0, 0.1) is 13.8 Å². The van der Waals surface area contributed by atoms with Gasteiger partial charge in [-0.05, 0) is 31.5 Å². The average molecular weight is 445 g/mol. The molecule has 1 aromatic heterocycles. The van der Waals surface area contributed by atoms with Crippen LogP contribution in [0.2, 0.25) is 0 Å². The largest absolute Gasteiger partial charge is 0.364 e. The molecule has 166 valence electrons. The Morgan fingerprint density at radius 1 is 1.09 bits per heavy atom. The van der Waals surface area contributed by atoms with Gasteiger partial charge in [0.05, 0.1) is 16.8 Å². The number of amides is 1. The first-order valence-electron chi connectivity index (χ1n) is 9.80. The van der Waals surface area contributed by atoms with Crippen LogP contribution in [0.15, 0.2) is 53.6 Å². The van der Waals surface area contributed by atoms with Crippen LogP contribution >= 0.6 is 0 Å². The molecule has 2 aromatic carbocycles. The number of aromatic nitrogens is 1. The number of benzene rings is 2. The summed E-state index contributed by atoms with van der Waals surface area (Å²) in [6.07, 6.45) is -7.82. The summed E-state index contributed by atoms with van der Waals surface area (Å²) in [5.41, 5.74) is -0.775. The van der Waals surface area contributed by atoms with Gasteiger partial charge in [-0.15, -0.1) is 0 Å². The molecule has 1 aliphatic rings. The smallest absolute Gasteiger partial charge is 0.287 e. The summed E-state index contributed by atoms with van der Waals surface area (Å²) in [4.78, 5) is 17.9. The Kier molecular flexibility index (Phi) is 5.46. The zero-order valence-electron chi connectivity index (χ0n) is 17.2. The third-order valence-corrected chi connectivity index (χ3v) is 5.43. The number of fused-ring (bicyclic) bond motifs is 1. The number of hydrazone groups is 1. The number of halogens is 4. The maximum absolute atomic E-state index is 13.7. The van der Waals surface area contributed by atoms with Gasteiger partial charge in [-0.25, -0.2) is 22.5 Å². The number of rotatable bonds is 4. The Morgan fingerprint density at radius 2 is 1.81 bits per heavy atom. The molecule has 0 saturated carbocycles. The summed E-state index contributed by atoms with van der Waals surface area (Å²) in [7, 11) is 0. The molecule has 0 spiro atoms. The summed E-state index contributed by atoms with van der Waals surface area (Å²) >= 11 is 0. The third kappa shape index (κ3) is 3.62. The number of aliphatic hydroxyl groups is 1. The maximum Gasteiger partial charge on any atom is 0.287 e. The maximum atomic E-state index is 13.7. The lowest BCUT2D eigenvalue weighted by atomic mass is 9.98. The van der Waals surface area contributed by atoms with Gasteiger partial charge < -0.3 is 5.11 Å². The minimum atomic E-state index is -3.50. The number of carbonyl (C=O) groups is 1. The Morgan fingerprint density at radius 3 is 2.47 bits per heavy atom. The van der Waals surface area contributed by atoms with Gasteiger partial charge in [0, 0.05) is 17.4 Å². The Bertz CT molecular complexity index is 1250. The summed E-state index contributed by atoms with van der Waals surface area (Å²) < 4.78 is 53.7. The Balaban J connectivity index is 1.90. The number of hydrogen-bond donors (Lipinski definition) is 1. The van der Waals surface area contributed by atoms with E-state index in [1.807, 2.05) is 32.0 Å². The molecule has 4 rings (SSSR count). The van der Waals surface area contributed by atoms with Gasteiger partial charge in [-0.3, -0.25) is 4.79 Å². The van der Waals surface area contributed by atoms with Gasteiger partial charge in [0.1, 0.15) is 5.71 Å². The molecule has 1 atom stereocenters. The van der Waals surface area contributed by atoms with Crippen LogP contribution in [0.1, 0.15) is 27.9 Å². The molecule has 1 N–H and O–H groups in total. The first-order chi connectivity index (χ1) is 15.1. The van der Waals surface area contributed by atoms with Gasteiger partial charge in [0.2, 0.25) is 5.72 Å². The molecule has 0 radical (unpaired) electrons. The van der Waals surface area contributed by atoms with E-state index in [0.717, 1.165) is 16.7 Å². The van der Waals surface area contributed by atoms with Crippen molar-refractivity contribution >= 4 is 22.5 Å². The lowest BCUT2D eigenvalue weighted by molar-refractivity contribution is -0.164. The fraction of sp³-hybridized carbons (Fsp3) is 0.261. The number of hydrogen-bond acceptors (Lipinski definition) is 4. The van der Waals surface area contributed by atoms with Gasteiger partial charge in [-0.1, -0.05) is 42.0 Å². The summed E-state index contributed by atoms with van der Waals surface area (Å²) in [6, 6.07) is 13.6. The van der Waals surface area contributed by atoms with E-state index in [4.69, 9.17) is 0 Å². The van der Waals surface area contributed by atoms with Crippen LogP contribution in [0.3, 0.4) is 0 Å². The summed E-state index contributed by atoms with van der Waals surface area (Å²) in [5.74, 6) is -1.12. The molecule has 0 bridgehead atoms. The van der Waals surface area contributed by atoms with Crippen LogP contribution in [0.25, 0.3) is 22.2 Å². The summed E-state index contributed by atoms with van der Waals surface area (Å²) in [6.45, 7) is 3.80. The van der Waals surface area contributed by atoms with Gasteiger partial charge in [-0.2, -0.15) is 10.1 Å². The predicted molar refractivity (Wildman–Crippen MR) is 112 cm³/mol. The molecular weight excluding hydrogens is 426 g/mol. The monoisotopic (exact) mass is 445 g/mol. The molecule has 0 fully saturated rings. The molecular formula is C23H19F4N3O2. The lowest BCUT2D eigenvalue weighted by Crippen LogP contribution is -2.51. The molecule has 1 amide bonds. The normalized spacial score (nSPS) is 18.7. The Labute approximate surface area is 181 Å². The van der Waals surface area contributed by atoms with E-state index in [2.05, 4.69) is 10.1 Å². The molecule has 2 heterocycles. The van der Waals surface area contributed by atoms with Crippen molar-refractivity contribution in [3.63, 3.8) is 0 Å². The fourth-order valence-corrected chi connectivity index (χ4v) is 3.81. The number of alkyl halides is 4. The first-order valence-corrected chi connectivity index (χ1v) is 9.80. The highest BCUT2D eigenvalue weighted by Gasteiger charge is 2.53. The van der Waals surface area contributed by atoms with Crippen molar-refractivity contribution in [3.8, 4) is 11.3 Å². The second-order valence-corrected chi connectivity index (χ2v) is 7.76. The van der Waals surface area contributed by atoms with Crippen molar-refractivity contribution in [1.29, 1.82) is 0 Å². The van der Waals surface area contributed by atoms with Crippen LogP contribution in [0.5, 0.6) is 0 Å². The van der Waals surface area contributed by atoms with Crippen LogP contribution < -0.4 is 0 Å². The lowest BCUT2D eigenvalue weighted by Gasteiger charge is -2.30. The van der Waals surface area contributed by atoms with Crippen LogP contribution in [-0.2, 0) is 0 Å². The standard InChI is InChI=1S/C23H19F4N3O2/c1-12-7-8-14(13(2)9-12)18-10-16(15-5-3-4-6-17(15)28-18)21(31)30-23(32,22(26)27)11-19(29-30)20(24)25/h3-10,20,22,32H,11H2,1-2H3/t23-/m1/s1. The van der Waals surface area contributed by atoms with Crippen molar-refractivity contribution < 1.29 is 27.5 Å². The quantitative estimate of drug-likeness (QED) is 0.579. The number of carbonyl (C=O) groups excluding carboxylic acids is 1. The third-order valence-electron chi connectivity index (χ3n) is 5.43. The highest BCUT2D eigenvalue weighted by molar-refractivity contribution is 6.08. The average Bonchev–Trinajstić information content (AvgIpc) is 3.12.